The summed E-state index contributed by atoms with van der Waals surface area (Å²) in [4.78, 5) is 7.33. The first kappa shape index (κ1) is 27.1. The summed E-state index contributed by atoms with van der Waals surface area (Å²) in [6.45, 7) is 0. The van der Waals surface area contributed by atoms with Gasteiger partial charge in [-0.15, -0.1) is 0 Å². The van der Waals surface area contributed by atoms with Crippen LogP contribution >= 0.6 is 0 Å². The smallest absolute Gasteiger partial charge is 0.228 e. The van der Waals surface area contributed by atoms with E-state index in [9.17, 15) is 0 Å². The molecule has 0 aliphatic carbocycles. The normalized spacial score (nSPS) is 12.0. The molecule has 11 rings (SSSR count). The standard InChI is InChI=1S/C45H26N2O3/c1-2-11-29(12-3-1)47(30-19-23-37-35(25-30)42-32-13-6-4-9-27(32)17-21-40(42)49-37)31-20-24-38-36(26-31)43-34(15-8-16-39(43)48-38)45-46-44-33-14-7-5-10-28(33)18-22-41(44)50-45/h1-26H. The minimum Gasteiger partial charge on any atom is -0.456 e. The van der Waals surface area contributed by atoms with Gasteiger partial charge in [0.05, 0.1) is 0 Å². The summed E-state index contributed by atoms with van der Waals surface area (Å²) >= 11 is 0. The highest BCUT2D eigenvalue weighted by Crippen LogP contribution is 2.44. The Labute approximate surface area is 285 Å². The molecule has 0 aliphatic heterocycles. The summed E-state index contributed by atoms with van der Waals surface area (Å²) in [5, 5.41) is 8.73. The second kappa shape index (κ2) is 10.3. The number of rotatable bonds is 4. The number of hydrogen-bond donors (Lipinski definition) is 0. The number of para-hydroxylation sites is 1. The van der Waals surface area contributed by atoms with Crippen molar-refractivity contribution in [3.63, 3.8) is 0 Å². The van der Waals surface area contributed by atoms with E-state index in [4.69, 9.17) is 18.2 Å². The lowest BCUT2D eigenvalue weighted by atomic mass is 10.0. The number of oxazole rings is 1. The molecule has 3 aromatic heterocycles. The summed E-state index contributed by atoms with van der Waals surface area (Å²) < 4.78 is 19.2. The summed E-state index contributed by atoms with van der Waals surface area (Å²) in [6, 6.07) is 54.4. The highest BCUT2D eigenvalue weighted by atomic mass is 16.4. The van der Waals surface area contributed by atoms with Crippen molar-refractivity contribution in [2.75, 3.05) is 4.90 Å². The van der Waals surface area contributed by atoms with Crippen LogP contribution in [0.4, 0.5) is 17.1 Å². The van der Waals surface area contributed by atoms with Gasteiger partial charge in [-0.05, 0) is 89.0 Å². The van der Waals surface area contributed by atoms with Crippen LogP contribution in [0.3, 0.4) is 0 Å². The quantitative estimate of drug-likeness (QED) is 0.191. The Morgan fingerprint density at radius 3 is 1.74 bits per heavy atom. The van der Waals surface area contributed by atoms with Crippen molar-refractivity contribution in [2.24, 2.45) is 0 Å². The highest BCUT2D eigenvalue weighted by molar-refractivity contribution is 6.19. The zero-order valence-corrected chi connectivity index (χ0v) is 26.6. The van der Waals surface area contributed by atoms with E-state index < -0.39 is 0 Å². The summed E-state index contributed by atoms with van der Waals surface area (Å²) in [6.07, 6.45) is 0. The van der Waals surface area contributed by atoms with E-state index in [0.717, 1.165) is 88.4 Å². The maximum Gasteiger partial charge on any atom is 0.228 e. The van der Waals surface area contributed by atoms with Crippen molar-refractivity contribution in [1.82, 2.24) is 4.98 Å². The number of aromatic nitrogens is 1. The van der Waals surface area contributed by atoms with E-state index in [-0.39, 0.29) is 0 Å². The third-order valence-corrected chi connectivity index (χ3v) is 9.87. The van der Waals surface area contributed by atoms with Crippen LogP contribution in [0, 0.1) is 0 Å². The Hall–Kier alpha value is -6.85. The molecule has 0 atom stereocenters. The fourth-order valence-electron chi connectivity index (χ4n) is 7.61. The molecule has 0 fully saturated rings. The van der Waals surface area contributed by atoms with E-state index in [1.165, 1.54) is 10.8 Å². The SMILES string of the molecule is c1ccc(N(c2ccc3oc4cccc(-c5nc6c(ccc7ccccc76)o5)c4c3c2)c2ccc3oc4ccc5ccccc5c4c3c2)cc1. The molecule has 0 aliphatic rings. The Morgan fingerprint density at radius 2 is 0.980 bits per heavy atom. The maximum absolute atomic E-state index is 6.44. The molecule has 3 heterocycles. The van der Waals surface area contributed by atoms with E-state index in [1.807, 2.05) is 36.4 Å². The summed E-state index contributed by atoms with van der Waals surface area (Å²) in [5.41, 5.74) is 8.90. The van der Waals surface area contributed by atoms with Crippen molar-refractivity contribution in [1.29, 1.82) is 0 Å². The van der Waals surface area contributed by atoms with Crippen molar-refractivity contribution >= 4 is 93.6 Å². The van der Waals surface area contributed by atoms with Gasteiger partial charge in [0, 0.05) is 49.6 Å². The van der Waals surface area contributed by atoms with Gasteiger partial charge in [0.2, 0.25) is 5.89 Å². The molecule has 0 saturated carbocycles. The Kier molecular flexibility index (Phi) is 5.60. The predicted octanol–water partition coefficient (Wildman–Crippen LogP) is 13.1. The monoisotopic (exact) mass is 642 g/mol. The number of benzene rings is 8. The molecule has 0 N–H and O–H groups in total. The largest absolute Gasteiger partial charge is 0.456 e. The van der Waals surface area contributed by atoms with Crippen LogP contribution < -0.4 is 4.90 Å². The fraction of sp³-hybridized carbons (Fsp3) is 0. The van der Waals surface area contributed by atoms with E-state index in [0.29, 0.717) is 5.89 Å². The van der Waals surface area contributed by atoms with Crippen molar-refractivity contribution < 1.29 is 13.3 Å². The highest BCUT2D eigenvalue weighted by Gasteiger charge is 2.21. The molecular weight excluding hydrogens is 617 g/mol. The summed E-state index contributed by atoms with van der Waals surface area (Å²) in [7, 11) is 0. The molecule has 0 unspecified atom stereocenters. The van der Waals surface area contributed by atoms with Crippen molar-refractivity contribution in [3.05, 3.63) is 158 Å². The van der Waals surface area contributed by atoms with Crippen LogP contribution in [-0.2, 0) is 0 Å². The lowest BCUT2D eigenvalue weighted by Gasteiger charge is -2.25. The first-order valence-electron chi connectivity index (χ1n) is 16.7. The minimum absolute atomic E-state index is 0.569. The van der Waals surface area contributed by atoms with Crippen LogP contribution in [0.2, 0.25) is 0 Å². The number of fused-ring (bicyclic) bond motifs is 11. The Bertz CT molecular complexity index is 3110. The lowest BCUT2D eigenvalue weighted by Crippen LogP contribution is -2.09. The van der Waals surface area contributed by atoms with Crippen molar-refractivity contribution in [3.8, 4) is 11.5 Å². The fourth-order valence-corrected chi connectivity index (χ4v) is 7.61. The molecule has 0 amide bonds. The lowest BCUT2D eigenvalue weighted by molar-refractivity contribution is 0.620. The molecule has 0 saturated heterocycles. The third-order valence-electron chi connectivity index (χ3n) is 9.87. The van der Waals surface area contributed by atoms with E-state index in [1.54, 1.807) is 0 Å². The summed E-state index contributed by atoms with van der Waals surface area (Å²) in [5.74, 6) is 0.569. The van der Waals surface area contributed by atoms with Gasteiger partial charge in [0.15, 0.2) is 5.58 Å². The van der Waals surface area contributed by atoms with Crippen LogP contribution in [-0.4, -0.2) is 4.98 Å². The molecule has 5 heteroatoms. The van der Waals surface area contributed by atoms with E-state index in [2.05, 4.69) is 126 Å². The molecule has 0 bridgehead atoms. The maximum atomic E-state index is 6.44. The van der Waals surface area contributed by atoms with Gasteiger partial charge < -0.3 is 18.2 Å². The molecule has 50 heavy (non-hydrogen) atoms. The van der Waals surface area contributed by atoms with Gasteiger partial charge in [-0.25, -0.2) is 4.98 Å². The van der Waals surface area contributed by atoms with Crippen molar-refractivity contribution in [2.45, 2.75) is 0 Å². The molecule has 11 aromatic rings. The average molecular weight is 643 g/mol. The van der Waals surface area contributed by atoms with Crippen LogP contribution in [0.15, 0.2) is 171 Å². The second-order valence-electron chi connectivity index (χ2n) is 12.7. The zero-order valence-electron chi connectivity index (χ0n) is 26.6. The third kappa shape index (κ3) is 3.98. The number of hydrogen-bond acceptors (Lipinski definition) is 5. The first-order valence-corrected chi connectivity index (χ1v) is 16.7. The molecular formula is C45H26N2O3. The van der Waals surface area contributed by atoms with Gasteiger partial charge in [0.1, 0.15) is 27.8 Å². The topological polar surface area (TPSA) is 55.6 Å². The second-order valence-corrected chi connectivity index (χ2v) is 12.7. The first-order chi connectivity index (χ1) is 24.8. The Morgan fingerprint density at radius 1 is 0.380 bits per heavy atom. The number of anilines is 3. The van der Waals surface area contributed by atoms with Gasteiger partial charge in [-0.3, -0.25) is 0 Å². The molecule has 5 nitrogen and oxygen atoms in total. The average Bonchev–Trinajstić information content (AvgIpc) is 3.89. The van der Waals surface area contributed by atoms with Gasteiger partial charge in [-0.1, -0.05) is 84.9 Å². The van der Waals surface area contributed by atoms with Gasteiger partial charge >= 0.3 is 0 Å². The molecule has 0 radical (unpaired) electrons. The molecule has 8 aromatic carbocycles. The minimum atomic E-state index is 0.569. The molecule has 0 spiro atoms. The van der Waals surface area contributed by atoms with Gasteiger partial charge in [-0.2, -0.15) is 0 Å². The van der Waals surface area contributed by atoms with Crippen LogP contribution in [0.1, 0.15) is 0 Å². The molecule has 234 valence electrons. The van der Waals surface area contributed by atoms with Crippen LogP contribution in [0.25, 0.3) is 88.0 Å². The predicted molar refractivity (Wildman–Crippen MR) is 204 cm³/mol. The number of furan rings is 2. The zero-order chi connectivity index (χ0) is 32.8. The Balaban J connectivity index is 1.13. The number of nitrogens with zero attached hydrogens (tertiary/aromatic N) is 2. The van der Waals surface area contributed by atoms with E-state index >= 15 is 0 Å². The van der Waals surface area contributed by atoms with Crippen LogP contribution in [0.5, 0.6) is 0 Å². The van der Waals surface area contributed by atoms with Gasteiger partial charge in [0.25, 0.3) is 0 Å².